The SMILES string of the molecule is COC(=O)C1=NCc2ccncc21. The predicted octanol–water partition coefficient (Wildman–Crippen LogP) is 0.557. The van der Waals surface area contributed by atoms with Gasteiger partial charge in [0.2, 0.25) is 0 Å². The Morgan fingerprint density at radius 3 is 3.23 bits per heavy atom. The number of nitrogens with zero attached hydrogens (tertiary/aromatic N) is 2. The van der Waals surface area contributed by atoms with Crippen LogP contribution in [0.4, 0.5) is 0 Å². The second-order valence-electron chi connectivity index (χ2n) is 2.69. The first kappa shape index (κ1) is 7.91. The lowest BCUT2D eigenvalue weighted by atomic mass is 10.1. The Kier molecular flexibility index (Phi) is 1.81. The van der Waals surface area contributed by atoms with Crippen LogP contribution in [0.1, 0.15) is 11.1 Å². The fraction of sp³-hybridized carbons (Fsp3) is 0.222. The molecule has 1 aliphatic rings. The highest BCUT2D eigenvalue weighted by Gasteiger charge is 2.22. The third-order valence-electron chi connectivity index (χ3n) is 1.95. The normalized spacial score (nSPS) is 13.5. The van der Waals surface area contributed by atoms with Crippen LogP contribution in [0, 0.1) is 0 Å². The molecule has 2 heterocycles. The van der Waals surface area contributed by atoms with Crippen molar-refractivity contribution in [3.8, 4) is 0 Å². The van der Waals surface area contributed by atoms with Gasteiger partial charge in [-0.05, 0) is 11.6 Å². The number of hydrogen-bond acceptors (Lipinski definition) is 4. The molecule has 1 aromatic heterocycles. The highest BCUT2D eigenvalue weighted by molar-refractivity contribution is 6.44. The molecule has 4 heteroatoms. The first-order chi connectivity index (χ1) is 6.33. The zero-order valence-electron chi connectivity index (χ0n) is 7.15. The van der Waals surface area contributed by atoms with Crippen LogP contribution in [0.2, 0.25) is 0 Å². The Morgan fingerprint density at radius 2 is 2.46 bits per heavy atom. The van der Waals surface area contributed by atoms with Crippen molar-refractivity contribution >= 4 is 11.7 Å². The fourth-order valence-electron chi connectivity index (χ4n) is 1.29. The molecular weight excluding hydrogens is 168 g/mol. The molecule has 0 bridgehead atoms. The number of carbonyl (C=O) groups is 1. The van der Waals surface area contributed by atoms with Crippen molar-refractivity contribution in [2.75, 3.05) is 7.11 Å². The molecule has 0 atom stereocenters. The van der Waals surface area contributed by atoms with Crippen LogP contribution in [0.3, 0.4) is 0 Å². The lowest BCUT2D eigenvalue weighted by Crippen LogP contribution is -2.15. The van der Waals surface area contributed by atoms with Gasteiger partial charge in [-0.1, -0.05) is 0 Å². The summed E-state index contributed by atoms with van der Waals surface area (Å²) in [6, 6.07) is 1.86. The number of aliphatic imine (C=N–C) groups is 1. The predicted molar refractivity (Wildman–Crippen MR) is 46.5 cm³/mol. The van der Waals surface area contributed by atoms with Crippen LogP contribution < -0.4 is 0 Å². The molecule has 13 heavy (non-hydrogen) atoms. The molecule has 4 nitrogen and oxygen atoms in total. The van der Waals surface area contributed by atoms with Gasteiger partial charge in [-0.3, -0.25) is 9.98 Å². The van der Waals surface area contributed by atoms with Gasteiger partial charge in [0, 0.05) is 18.0 Å². The second kappa shape index (κ2) is 2.97. The Labute approximate surface area is 75.3 Å². The number of rotatable bonds is 1. The van der Waals surface area contributed by atoms with Gasteiger partial charge in [-0.2, -0.15) is 0 Å². The maximum atomic E-state index is 11.2. The van der Waals surface area contributed by atoms with Crippen LogP contribution >= 0.6 is 0 Å². The van der Waals surface area contributed by atoms with E-state index in [1.54, 1.807) is 12.4 Å². The van der Waals surface area contributed by atoms with Crippen LogP contribution in [-0.4, -0.2) is 23.8 Å². The summed E-state index contributed by atoms with van der Waals surface area (Å²) in [7, 11) is 1.35. The van der Waals surface area contributed by atoms with Crippen molar-refractivity contribution in [2.45, 2.75) is 6.54 Å². The molecule has 0 aromatic carbocycles. The molecule has 1 aromatic rings. The standard InChI is InChI=1S/C9H8N2O2/c1-13-9(12)8-7-5-10-3-2-6(7)4-11-8/h2-3,5H,4H2,1H3. The molecule has 0 saturated carbocycles. The molecule has 0 spiro atoms. The first-order valence-electron chi connectivity index (χ1n) is 3.89. The van der Waals surface area contributed by atoms with E-state index in [1.165, 1.54) is 7.11 Å². The Morgan fingerprint density at radius 1 is 1.62 bits per heavy atom. The zero-order chi connectivity index (χ0) is 9.26. The van der Waals surface area contributed by atoms with Crippen molar-refractivity contribution in [3.05, 3.63) is 29.6 Å². The van der Waals surface area contributed by atoms with Gasteiger partial charge in [0.15, 0.2) is 5.71 Å². The summed E-state index contributed by atoms with van der Waals surface area (Å²) in [6.45, 7) is 0.544. The minimum atomic E-state index is -0.397. The van der Waals surface area contributed by atoms with Crippen molar-refractivity contribution < 1.29 is 9.53 Å². The minimum absolute atomic E-state index is 0.380. The highest BCUT2D eigenvalue weighted by atomic mass is 16.5. The van der Waals surface area contributed by atoms with Gasteiger partial charge in [0.05, 0.1) is 13.7 Å². The Balaban J connectivity index is 2.41. The molecule has 0 saturated heterocycles. The number of pyridine rings is 1. The van der Waals surface area contributed by atoms with Gasteiger partial charge >= 0.3 is 5.97 Å². The number of methoxy groups -OCH3 is 1. The average molecular weight is 176 g/mol. The van der Waals surface area contributed by atoms with Gasteiger partial charge < -0.3 is 4.74 Å². The summed E-state index contributed by atoms with van der Waals surface area (Å²) in [5, 5.41) is 0. The van der Waals surface area contributed by atoms with E-state index < -0.39 is 5.97 Å². The van der Waals surface area contributed by atoms with Crippen molar-refractivity contribution in [1.29, 1.82) is 0 Å². The van der Waals surface area contributed by atoms with Gasteiger partial charge in [0.25, 0.3) is 0 Å². The number of fused-ring (bicyclic) bond motifs is 1. The average Bonchev–Trinajstić information content (AvgIpc) is 2.60. The molecule has 0 aliphatic carbocycles. The molecule has 0 amide bonds. The summed E-state index contributed by atoms with van der Waals surface area (Å²) >= 11 is 0. The van der Waals surface area contributed by atoms with Gasteiger partial charge in [0.1, 0.15) is 0 Å². The second-order valence-corrected chi connectivity index (χ2v) is 2.69. The zero-order valence-corrected chi connectivity index (χ0v) is 7.15. The molecule has 66 valence electrons. The largest absolute Gasteiger partial charge is 0.464 e. The van der Waals surface area contributed by atoms with E-state index in [-0.39, 0.29) is 0 Å². The van der Waals surface area contributed by atoms with E-state index in [1.807, 2.05) is 6.07 Å². The van der Waals surface area contributed by atoms with Crippen LogP contribution in [-0.2, 0) is 16.1 Å². The Hall–Kier alpha value is -1.71. The summed E-state index contributed by atoms with van der Waals surface area (Å²) in [4.78, 5) is 19.2. The summed E-state index contributed by atoms with van der Waals surface area (Å²) in [5.41, 5.74) is 2.19. The molecule has 0 N–H and O–H groups in total. The molecule has 0 fully saturated rings. The van der Waals surface area contributed by atoms with E-state index in [4.69, 9.17) is 0 Å². The van der Waals surface area contributed by atoms with E-state index >= 15 is 0 Å². The number of hydrogen-bond donors (Lipinski definition) is 0. The third kappa shape index (κ3) is 1.20. The summed E-state index contributed by atoms with van der Waals surface area (Å²) < 4.78 is 4.59. The van der Waals surface area contributed by atoms with Crippen LogP contribution in [0.25, 0.3) is 0 Å². The summed E-state index contributed by atoms with van der Waals surface area (Å²) in [5.74, 6) is -0.397. The van der Waals surface area contributed by atoms with Crippen molar-refractivity contribution in [2.24, 2.45) is 4.99 Å². The van der Waals surface area contributed by atoms with Crippen molar-refractivity contribution in [1.82, 2.24) is 4.98 Å². The van der Waals surface area contributed by atoms with Crippen LogP contribution in [0.15, 0.2) is 23.5 Å². The number of esters is 1. The minimum Gasteiger partial charge on any atom is -0.464 e. The third-order valence-corrected chi connectivity index (χ3v) is 1.95. The van der Waals surface area contributed by atoms with E-state index in [0.29, 0.717) is 12.3 Å². The van der Waals surface area contributed by atoms with E-state index in [2.05, 4.69) is 14.7 Å². The Bertz CT molecular complexity index is 385. The summed E-state index contributed by atoms with van der Waals surface area (Å²) in [6.07, 6.45) is 3.33. The maximum Gasteiger partial charge on any atom is 0.356 e. The molecule has 1 aliphatic heterocycles. The highest BCUT2D eigenvalue weighted by Crippen LogP contribution is 2.17. The molecule has 0 unspecified atom stereocenters. The topological polar surface area (TPSA) is 51.5 Å². The monoisotopic (exact) mass is 176 g/mol. The lowest BCUT2D eigenvalue weighted by molar-refractivity contribution is -0.132. The van der Waals surface area contributed by atoms with E-state index in [0.717, 1.165) is 11.1 Å². The number of ether oxygens (including phenoxy) is 1. The van der Waals surface area contributed by atoms with Crippen LogP contribution in [0.5, 0.6) is 0 Å². The quantitative estimate of drug-likeness (QED) is 0.587. The smallest absolute Gasteiger partial charge is 0.356 e. The molecule has 0 radical (unpaired) electrons. The van der Waals surface area contributed by atoms with E-state index in [9.17, 15) is 4.79 Å². The maximum absolute atomic E-state index is 11.2. The first-order valence-corrected chi connectivity index (χ1v) is 3.89. The molecular formula is C9H8N2O2. The molecule has 2 rings (SSSR count). The van der Waals surface area contributed by atoms with Crippen molar-refractivity contribution in [3.63, 3.8) is 0 Å². The number of aromatic nitrogens is 1. The number of carbonyl (C=O) groups excluding carboxylic acids is 1. The fourth-order valence-corrected chi connectivity index (χ4v) is 1.29. The van der Waals surface area contributed by atoms with Gasteiger partial charge in [-0.25, -0.2) is 4.79 Å². The lowest BCUT2D eigenvalue weighted by Gasteiger charge is -1.99. The van der Waals surface area contributed by atoms with Gasteiger partial charge in [-0.15, -0.1) is 0 Å².